The molecule has 1 unspecified atom stereocenters. The predicted octanol–water partition coefficient (Wildman–Crippen LogP) is 2.85. The third kappa shape index (κ3) is 6.56. The Morgan fingerprint density at radius 3 is 2.62 bits per heavy atom. The summed E-state index contributed by atoms with van der Waals surface area (Å²) in [6.07, 6.45) is 1.91. The number of hydrogen-bond donors (Lipinski definition) is 1. The van der Waals surface area contributed by atoms with Gasteiger partial charge in [-0.15, -0.1) is 0 Å². The van der Waals surface area contributed by atoms with Gasteiger partial charge >= 0.3 is 5.97 Å². The van der Waals surface area contributed by atoms with Crippen LogP contribution in [0.4, 0.5) is 0 Å². The molecule has 0 spiro atoms. The minimum absolute atomic E-state index is 0.303. The zero-order valence-corrected chi connectivity index (χ0v) is 12.7. The summed E-state index contributed by atoms with van der Waals surface area (Å²) in [5.74, 6) is -0.449. The summed E-state index contributed by atoms with van der Waals surface area (Å²) in [5.41, 5.74) is 1.41. The van der Waals surface area contributed by atoms with Crippen molar-refractivity contribution in [3.05, 3.63) is 47.5 Å². The maximum atomic E-state index is 11.7. The van der Waals surface area contributed by atoms with Crippen molar-refractivity contribution in [1.82, 2.24) is 0 Å². The first kappa shape index (κ1) is 17.4. The minimum Gasteiger partial charge on any atom is -0.463 e. The topological polar surface area (TPSA) is 55.8 Å². The SMILES string of the molecule is CCC=C(C(=O)OCC)C(O)CCOCc1ccccc1. The number of benzene rings is 1. The quantitative estimate of drug-likeness (QED) is 0.432. The highest BCUT2D eigenvalue weighted by atomic mass is 16.5. The van der Waals surface area contributed by atoms with E-state index in [1.807, 2.05) is 37.3 Å². The fourth-order valence-corrected chi connectivity index (χ4v) is 1.90. The van der Waals surface area contributed by atoms with Gasteiger partial charge in [0.05, 0.1) is 24.9 Å². The fraction of sp³-hybridized carbons (Fsp3) is 0.471. The number of aliphatic hydroxyl groups is 1. The lowest BCUT2D eigenvalue weighted by Crippen LogP contribution is -2.22. The summed E-state index contributed by atoms with van der Waals surface area (Å²) in [4.78, 5) is 11.7. The van der Waals surface area contributed by atoms with Gasteiger partial charge in [0.15, 0.2) is 0 Å². The zero-order valence-electron chi connectivity index (χ0n) is 12.7. The van der Waals surface area contributed by atoms with Crippen LogP contribution in [0.5, 0.6) is 0 Å². The molecule has 0 aliphatic heterocycles. The van der Waals surface area contributed by atoms with Gasteiger partial charge in [0.1, 0.15) is 0 Å². The highest BCUT2D eigenvalue weighted by Gasteiger charge is 2.19. The molecule has 1 rings (SSSR count). The summed E-state index contributed by atoms with van der Waals surface area (Å²) < 4.78 is 10.5. The third-order valence-electron chi connectivity index (χ3n) is 2.94. The summed E-state index contributed by atoms with van der Waals surface area (Å²) in [6, 6.07) is 9.83. The van der Waals surface area contributed by atoms with Gasteiger partial charge in [-0.05, 0) is 18.9 Å². The Balaban J connectivity index is 2.38. The predicted molar refractivity (Wildman–Crippen MR) is 81.7 cm³/mol. The standard InChI is InChI=1S/C17H24O4/c1-3-8-15(17(19)21-4-2)16(18)11-12-20-13-14-9-6-5-7-10-14/h5-10,16,18H,3-4,11-13H2,1-2H3. The molecule has 0 heterocycles. The van der Waals surface area contributed by atoms with Gasteiger partial charge in [0.2, 0.25) is 0 Å². The summed E-state index contributed by atoms with van der Waals surface area (Å²) in [7, 11) is 0. The molecule has 0 radical (unpaired) electrons. The average Bonchev–Trinajstić information content (AvgIpc) is 2.50. The molecule has 0 aliphatic carbocycles. The van der Waals surface area contributed by atoms with Crippen molar-refractivity contribution in [2.24, 2.45) is 0 Å². The van der Waals surface area contributed by atoms with Crippen LogP contribution in [0.1, 0.15) is 32.3 Å². The van der Waals surface area contributed by atoms with E-state index in [-0.39, 0.29) is 0 Å². The van der Waals surface area contributed by atoms with Gasteiger partial charge in [0, 0.05) is 13.0 Å². The van der Waals surface area contributed by atoms with Gasteiger partial charge in [0.25, 0.3) is 0 Å². The Morgan fingerprint density at radius 1 is 1.29 bits per heavy atom. The monoisotopic (exact) mass is 292 g/mol. The van der Waals surface area contributed by atoms with E-state index in [9.17, 15) is 9.90 Å². The van der Waals surface area contributed by atoms with Gasteiger partial charge in [-0.1, -0.05) is 43.3 Å². The lowest BCUT2D eigenvalue weighted by molar-refractivity contribution is -0.139. The number of allylic oxidation sites excluding steroid dienone is 1. The van der Waals surface area contributed by atoms with Crippen LogP contribution >= 0.6 is 0 Å². The highest BCUT2D eigenvalue weighted by molar-refractivity contribution is 5.89. The van der Waals surface area contributed by atoms with Gasteiger partial charge < -0.3 is 14.6 Å². The summed E-state index contributed by atoms with van der Waals surface area (Å²) >= 11 is 0. The van der Waals surface area contributed by atoms with Crippen molar-refractivity contribution in [1.29, 1.82) is 0 Å². The van der Waals surface area contributed by atoms with Crippen LogP contribution in [0, 0.1) is 0 Å². The maximum absolute atomic E-state index is 11.7. The number of carbonyl (C=O) groups excluding carboxylic acids is 1. The van der Waals surface area contributed by atoms with Crippen LogP contribution in [-0.4, -0.2) is 30.4 Å². The summed E-state index contributed by atoms with van der Waals surface area (Å²) in [5, 5.41) is 10.1. The Kier molecular flexibility index (Phi) is 8.40. The normalized spacial score (nSPS) is 13.0. The number of esters is 1. The van der Waals surface area contributed by atoms with E-state index in [4.69, 9.17) is 9.47 Å². The first-order valence-electron chi connectivity index (χ1n) is 7.35. The molecular formula is C17H24O4. The lowest BCUT2D eigenvalue weighted by Gasteiger charge is -2.14. The van der Waals surface area contributed by atoms with Crippen LogP contribution in [0.3, 0.4) is 0 Å². The molecule has 1 N–H and O–H groups in total. The Bertz CT molecular complexity index is 439. The van der Waals surface area contributed by atoms with E-state index >= 15 is 0 Å². The number of rotatable bonds is 9. The smallest absolute Gasteiger partial charge is 0.336 e. The van der Waals surface area contributed by atoms with E-state index < -0.39 is 12.1 Å². The zero-order chi connectivity index (χ0) is 15.5. The van der Waals surface area contributed by atoms with Crippen molar-refractivity contribution in [3.63, 3.8) is 0 Å². The Morgan fingerprint density at radius 2 is 2.00 bits per heavy atom. The molecule has 1 aromatic carbocycles. The number of carbonyl (C=O) groups is 1. The molecule has 0 saturated carbocycles. The lowest BCUT2D eigenvalue weighted by atomic mass is 10.1. The average molecular weight is 292 g/mol. The number of aliphatic hydroxyl groups excluding tert-OH is 1. The number of hydrogen-bond acceptors (Lipinski definition) is 4. The molecule has 0 bridgehead atoms. The molecule has 1 aromatic rings. The largest absolute Gasteiger partial charge is 0.463 e. The van der Waals surface area contributed by atoms with E-state index in [0.717, 1.165) is 5.56 Å². The minimum atomic E-state index is -0.847. The van der Waals surface area contributed by atoms with Gasteiger partial charge in [-0.25, -0.2) is 4.79 Å². The molecule has 1 atom stereocenters. The second-order valence-electron chi connectivity index (χ2n) is 4.63. The van der Waals surface area contributed by atoms with E-state index in [1.165, 1.54) is 0 Å². The van der Waals surface area contributed by atoms with E-state index in [1.54, 1.807) is 13.0 Å². The van der Waals surface area contributed by atoms with E-state index in [2.05, 4.69) is 0 Å². The molecule has 0 aromatic heterocycles. The first-order valence-corrected chi connectivity index (χ1v) is 7.35. The van der Waals surface area contributed by atoms with Crippen molar-refractivity contribution < 1.29 is 19.4 Å². The molecule has 4 heteroatoms. The first-order chi connectivity index (χ1) is 10.2. The van der Waals surface area contributed by atoms with Crippen LogP contribution in [0.2, 0.25) is 0 Å². The molecule has 0 fully saturated rings. The van der Waals surface area contributed by atoms with Crippen molar-refractivity contribution >= 4 is 5.97 Å². The highest BCUT2D eigenvalue weighted by Crippen LogP contribution is 2.11. The van der Waals surface area contributed by atoms with E-state index in [0.29, 0.717) is 38.2 Å². The van der Waals surface area contributed by atoms with Gasteiger partial charge in [-0.2, -0.15) is 0 Å². The molecular weight excluding hydrogens is 268 g/mol. The van der Waals surface area contributed by atoms with Crippen molar-refractivity contribution in [3.8, 4) is 0 Å². The van der Waals surface area contributed by atoms with Crippen LogP contribution < -0.4 is 0 Å². The fourth-order valence-electron chi connectivity index (χ4n) is 1.90. The molecule has 21 heavy (non-hydrogen) atoms. The second-order valence-corrected chi connectivity index (χ2v) is 4.63. The van der Waals surface area contributed by atoms with Crippen LogP contribution in [0.25, 0.3) is 0 Å². The van der Waals surface area contributed by atoms with Crippen molar-refractivity contribution in [2.45, 2.75) is 39.4 Å². The van der Waals surface area contributed by atoms with Crippen LogP contribution in [0.15, 0.2) is 42.0 Å². The molecule has 0 aliphatic rings. The second kappa shape index (κ2) is 10.1. The Hall–Kier alpha value is -1.65. The third-order valence-corrected chi connectivity index (χ3v) is 2.94. The van der Waals surface area contributed by atoms with Crippen molar-refractivity contribution in [2.75, 3.05) is 13.2 Å². The Labute approximate surface area is 126 Å². The molecule has 0 saturated heterocycles. The maximum Gasteiger partial charge on any atom is 0.336 e. The number of ether oxygens (including phenoxy) is 2. The summed E-state index contributed by atoms with van der Waals surface area (Å²) in [6.45, 7) is 4.85. The molecule has 0 amide bonds. The van der Waals surface area contributed by atoms with Crippen LogP contribution in [-0.2, 0) is 20.9 Å². The van der Waals surface area contributed by atoms with Gasteiger partial charge in [-0.3, -0.25) is 0 Å². The molecule has 116 valence electrons. The molecule has 4 nitrogen and oxygen atoms in total.